The monoisotopic (exact) mass is 585 g/mol. The molecular formula is C28H35Cl4N3O2. The van der Waals surface area contributed by atoms with Gasteiger partial charge in [0.15, 0.2) is 0 Å². The van der Waals surface area contributed by atoms with E-state index in [2.05, 4.69) is 16.8 Å². The Labute approximate surface area is 240 Å². The highest BCUT2D eigenvalue weighted by Crippen LogP contribution is 2.30. The molecule has 2 fully saturated rings. The van der Waals surface area contributed by atoms with Gasteiger partial charge in [-0.1, -0.05) is 58.5 Å². The van der Waals surface area contributed by atoms with Gasteiger partial charge in [0.25, 0.3) is 0 Å². The van der Waals surface area contributed by atoms with Crippen molar-refractivity contribution >= 4 is 58.6 Å². The predicted octanol–water partition coefficient (Wildman–Crippen LogP) is 5.89. The SMILES string of the molecule is CN1CCC(Cc2ccc(Cl)c(Cl)c2)[C@H](C(N)=O)C1.CN1CCC(Cc2ccc(Cl)c(Cl)c2)[C@H](C=O)C1. The molecule has 0 aromatic heterocycles. The molecule has 5 nitrogen and oxygen atoms in total. The molecule has 0 radical (unpaired) electrons. The lowest BCUT2D eigenvalue weighted by Gasteiger charge is -2.35. The molecule has 2 aromatic carbocycles. The van der Waals surface area contributed by atoms with Gasteiger partial charge < -0.3 is 20.3 Å². The second-order valence-electron chi connectivity index (χ2n) is 10.3. The molecule has 0 bridgehead atoms. The van der Waals surface area contributed by atoms with Crippen molar-refractivity contribution in [2.75, 3.05) is 40.3 Å². The maximum Gasteiger partial charge on any atom is 0.222 e. The Kier molecular flexibility index (Phi) is 11.6. The summed E-state index contributed by atoms with van der Waals surface area (Å²) in [4.78, 5) is 27.1. The lowest BCUT2D eigenvalue weighted by Crippen LogP contribution is -2.45. The van der Waals surface area contributed by atoms with Gasteiger partial charge in [-0.25, -0.2) is 0 Å². The van der Waals surface area contributed by atoms with Crippen molar-refractivity contribution in [2.24, 2.45) is 29.4 Å². The largest absolute Gasteiger partial charge is 0.369 e. The first-order chi connectivity index (χ1) is 17.6. The van der Waals surface area contributed by atoms with Crippen LogP contribution in [0, 0.1) is 23.7 Å². The molecule has 9 heteroatoms. The molecule has 1 amide bonds. The molecule has 0 aliphatic carbocycles. The average molecular weight is 587 g/mol. The summed E-state index contributed by atoms with van der Waals surface area (Å²) in [5.74, 6) is 0.518. The van der Waals surface area contributed by atoms with Crippen LogP contribution < -0.4 is 5.73 Å². The summed E-state index contributed by atoms with van der Waals surface area (Å²) in [6.45, 7) is 3.64. The summed E-state index contributed by atoms with van der Waals surface area (Å²) < 4.78 is 0. The van der Waals surface area contributed by atoms with Crippen molar-refractivity contribution in [3.05, 3.63) is 67.6 Å². The van der Waals surface area contributed by atoms with Crippen LogP contribution in [0.2, 0.25) is 20.1 Å². The van der Waals surface area contributed by atoms with Gasteiger partial charge in [0.05, 0.1) is 26.0 Å². The normalized spacial score (nSPS) is 24.7. The van der Waals surface area contributed by atoms with Crippen LogP contribution in [0.5, 0.6) is 0 Å². The van der Waals surface area contributed by atoms with Crippen LogP contribution in [0.4, 0.5) is 0 Å². The van der Waals surface area contributed by atoms with Gasteiger partial charge in [-0.15, -0.1) is 0 Å². The van der Waals surface area contributed by atoms with E-state index in [1.165, 1.54) is 0 Å². The molecule has 0 spiro atoms. The van der Waals surface area contributed by atoms with E-state index >= 15 is 0 Å². The third kappa shape index (κ3) is 8.84. The second kappa shape index (κ2) is 14.2. The molecule has 2 N–H and O–H groups in total. The molecule has 2 unspecified atom stereocenters. The third-order valence-electron chi connectivity index (χ3n) is 7.47. The fraction of sp³-hybridized carbons (Fsp3) is 0.500. The summed E-state index contributed by atoms with van der Waals surface area (Å²) >= 11 is 23.8. The molecule has 37 heavy (non-hydrogen) atoms. The van der Waals surface area contributed by atoms with E-state index in [1.807, 2.05) is 37.4 Å². The van der Waals surface area contributed by atoms with Gasteiger partial charge in [0, 0.05) is 19.0 Å². The third-order valence-corrected chi connectivity index (χ3v) is 8.95. The Hall–Kier alpha value is -1.34. The lowest BCUT2D eigenvalue weighted by atomic mass is 9.81. The molecule has 2 aliphatic heterocycles. The fourth-order valence-corrected chi connectivity index (χ4v) is 5.92. The van der Waals surface area contributed by atoms with E-state index in [0.717, 1.165) is 69.3 Å². The van der Waals surface area contributed by atoms with Crippen LogP contribution in [-0.4, -0.2) is 62.3 Å². The number of hydrogen-bond acceptors (Lipinski definition) is 4. The van der Waals surface area contributed by atoms with E-state index in [9.17, 15) is 9.59 Å². The highest BCUT2D eigenvalue weighted by atomic mass is 35.5. The van der Waals surface area contributed by atoms with E-state index in [-0.39, 0.29) is 23.7 Å². The quantitative estimate of drug-likeness (QED) is 0.428. The van der Waals surface area contributed by atoms with E-state index in [4.69, 9.17) is 52.1 Å². The minimum absolute atomic E-state index is 0.0896. The van der Waals surface area contributed by atoms with E-state index in [1.54, 1.807) is 6.07 Å². The van der Waals surface area contributed by atoms with E-state index in [0.29, 0.717) is 26.0 Å². The van der Waals surface area contributed by atoms with Crippen LogP contribution in [0.15, 0.2) is 36.4 Å². The number of nitrogens with zero attached hydrogens (tertiary/aromatic N) is 2. The van der Waals surface area contributed by atoms with Crippen molar-refractivity contribution in [3.63, 3.8) is 0 Å². The maximum absolute atomic E-state index is 11.6. The molecular weight excluding hydrogens is 552 g/mol. The van der Waals surface area contributed by atoms with Crippen molar-refractivity contribution in [2.45, 2.75) is 25.7 Å². The maximum atomic E-state index is 11.6. The van der Waals surface area contributed by atoms with Gasteiger partial charge in [0.1, 0.15) is 6.29 Å². The fourth-order valence-electron chi connectivity index (χ4n) is 5.28. The number of rotatable bonds is 6. The lowest BCUT2D eigenvalue weighted by molar-refractivity contribution is -0.125. The number of aldehydes is 1. The standard InChI is InChI=1S/C14H18Cl2N2O.C14H17Cl2NO/c1-18-5-4-10(11(8-18)14(17)19)6-9-2-3-12(15)13(16)7-9;1-17-5-4-11(12(8-17)9-18)6-10-2-3-13(15)14(16)7-10/h2-3,7,10-11H,4-6,8H2,1H3,(H2,17,19);2-3,7,9,11-12H,4-6,8H2,1H3/t10?,11-;11?,12-/m10/s1. The number of benzene rings is 2. The van der Waals surface area contributed by atoms with Crippen LogP contribution in [0.1, 0.15) is 24.0 Å². The number of carbonyl (C=O) groups excluding carboxylic acids is 2. The van der Waals surface area contributed by atoms with Gasteiger partial charge in [0.2, 0.25) is 5.91 Å². The zero-order valence-electron chi connectivity index (χ0n) is 21.3. The highest BCUT2D eigenvalue weighted by Gasteiger charge is 2.32. The summed E-state index contributed by atoms with van der Waals surface area (Å²) in [6.07, 6.45) is 4.84. The topological polar surface area (TPSA) is 66.6 Å². The number of carbonyl (C=O) groups is 2. The minimum atomic E-state index is -0.211. The molecule has 4 atom stereocenters. The number of hydrogen-bond donors (Lipinski definition) is 1. The van der Waals surface area contributed by atoms with Crippen molar-refractivity contribution in [3.8, 4) is 0 Å². The van der Waals surface area contributed by atoms with Crippen LogP contribution >= 0.6 is 46.4 Å². The van der Waals surface area contributed by atoms with Crippen LogP contribution in [0.25, 0.3) is 0 Å². The summed E-state index contributed by atoms with van der Waals surface area (Å²) in [5.41, 5.74) is 7.78. The molecule has 2 aromatic rings. The zero-order valence-corrected chi connectivity index (χ0v) is 24.3. The highest BCUT2D eigenvalue weighted by molar-refractivity contribution is 6.42. The zero-order chi connectivity index (χ0) is 27.1. The van der Waals surface area contributed by atoms with Crippen molar-refractivity contribution in [1.29, 1.82) is 0 Å². The second-order valence-corrected chi connectivity index (χ2v) is 12.0. The average Bonchev–Trinajstić information content (AvgIpc) is 2.86. The predicted molar refractivity (Wildman–Crippen MR) is 154 cm³/mol. The van der Waals surface area contributed by atoms with Gasteiger partial charge in [-0.05, 0) is 100 Å². The molecule has 202 valence electrons. The van der Waals surface area contributed by atoms with Crippen molar-refractivity contribution in [1.82, 2.24) is 9.80 Å². The number of likely N-dealkylation sites (tertiary alicyclic amines) is 2. The molecule has 0 saturated carbocycles. The number of amides is 1. The Bertz CT molecular complexity index is 1080. The van der Waals surface area contributed by atoms with Gasteiger partial charge >= 0.3 is 0 Å². The van der Waals surface area contributed by atoms with Crippen LogP contribution in [-0.2, 0) is 22.4 Å². The first kappa shape index (κ1) is 30.2. The Balaban J connectivity index is 0.000000206. The minimum Gasteiger partial charge on any atom is -0.369 e. The van der Waals surface area contributed by atoms with Crippen LogP contribution in [0.3, 0.4) is 0 Å². The number of halogens is 4. The number of primary amides is 1. The summed E-state index contributed by atoms with van der Waals surface area (Å²) in [7, 11) is 4.08. The molecule has 4 rings (SSSR count). The first-order valence-electron chi connectivity index (χ1n) is 12.6. The Morgan fingerprint density at radius 1 is 0.838 bits per heavy atom. The number of piperidine rings is 2. The summed E-state index contributed by atoms with van der Waals surface area (Å²) in [6, 6.07) is 11.4. The van der Waals surface area contributed by atoms with Crippen molar-refractivity contribution < 1.29 is 9.59 Å². The molecule has 2 aliphatic rings. The summed E-state index contributed by atoms with van der Waals surface area (Å²) in [5, 5.41) is 2.28. The van der Waals surface area contributed by atoms with Gasteiger partial charge in [-0.2, -0.15) is 0 Å². The van der Waals surface area contributed by atoms with Gasteiger partial charge in [-0.3, -0.25) is 4.79 Å². The number of nitrogens with two attached hydrogens (primary N) is 1. The van der Waals surface area contributed by atoms with E-state index < -0.39 is 0 Å². The smallest absolute Gasteiger partial charge is 0.222 e. The first-order valence-corrected chi connectivity index (χ1v) is 14.1. The Morgan fingerprint density at radius 2 is 1.32 bits per heavy atom. The Morgan fingerprint density at radius 3 is 1.81 bits per heavy atom. The molecule has 2 saturated heterocycles. The molecule has 2 heterocycles.